The van der Waals surface area contributed by atoms with Crippen molar-refractivity contribution >= 4 is 22.5 Å². The number of hydrogen-bond acceptors (Lipinski definition) is 5. The number of ether oxygens (including phenoxy) is 1. The van der Waals surface area contributed by atoms with Crippen molar-refractivity contribution in [2.45, 2.75) is 13.5 Å². The van der Waals surface area contributed by atoms with Gasteiger partial charge < -0.3 is 9.64 Å². The number of methoxy groups -OCH3 is 1. The van der Waals surface area contributed by atoms with Crippen LogP contribution in [0.5, 0.6) is 0 Å². The first-order chi connectivity index (χ1) is 13.7. The molecule has 0 aliphatic heterocycles. The fraction of sp³-hybridized carbons (Fsp3) is 0.227. The number of benzene rings is 1. The highest BCUT2D eigenvalue weighted by Gasteiger charge is 2.19. The van der Waals surface area contributed by atoms with Crippen molar-refractivity contribution in [1.29, 1.82) is 5.26 Å². The van der Waals surface area contributed by atoms with E-state index in [4.69, 9.17) is 9.72 Å². The van der Waals surface area contributed by atoms with Gasteiger partial charge in [0.15, 0.2) is 5.65 Å². The number of rotatable bonds is 6. The molecule has 3 aromatic heterocycles. The van der Waals surface area contributed by atoms with E-state index in [-0.39, 0.29) is 0 Å². The summed E-state index contributed by atoms with van der Waals surface area (Å²) in [6.45, 7) is 3.94. The van der Waals surface area contributed by atoms with Crippen molar-refractivity contribution in [3.05, 3.63) is 71.5 Å². The average molecular weight is 371 g/mol. The number of pyridine rings is 2. The minimum Gasteiger partial charge on any atom is -0.383 e. The maximum absolute atomic E-state index is 9.70. The zero-order chi connectivity index (χ0) is 19.5. The molecule has 0 saturated heterocycles. The lowest BCUT2D eigenvalue weighted by atomic mass is 10.1. The van der Waals surface area contributed by atoms with Gasteiger partial charge in [0.1, 0.15) is 11.9 Å². The fourth-order valence-corrected chi connectivity index (χ4v) is 3.49. The molecule has 0 N–H and O–H groups in total. The van der Waals surface area contributed by atoms with E-state index in [0.29, 0.717) is 30.9 Å². The number of anilines is 1. The lowest BCUT2D eigenvalue weighted by molar-refractivity contribution is 0.204. The highest BCUT2D eigenvalue weighted by atomic mass is 16.5. The quantitative estimate of drug-likeness (QED) is 0.517. The molecule has 6 nitrogen and oxygen atoms in total. The summed E-state index contributed by atoms with van der Waals surface area (Å²) in [5.74, 6) is 0.987. The average Bonchev–Trinajstić information content (AvgIpc) is 3.10. The smallest absolute Gasteiger partial charge is 0.157 e. The number of nitrogens with zero attached hydrogens (tertiary/aromatic N) is 5. The molecule has 140 valence electrons. The van der Waals surface area contributed by atoms with Gasteiger partial charge >= 0.3 is 0 Å². The third-order valence-electron chi connectivity index (χ3n) is 4.85. The van der Waals surface area contributed by atoms with E-state index >= 15 is 0 Å². The van der Waals surface area contributed by atoms with Crippen molar-refractivity contribution in [2.24, 2.45) is 0 Å². The van der Waals surface area contributed by atoms with Gasteiger partial charge in [0.25, 0.3) is 0 Å². The van der Waals surface area contributed by atoms with E-state index in [0.717, 1.165) is 28.0 Å². The molecule has 0 saturated carbocycles. The lowest BCUT2D eigenvalue weighted by Crippen LogP contribution is -2.28. The SMILES string of the molecule is COCCN(Cc1cccnc1)c1cc(C)c(C#N)c2nc3ccccc3n12. The van der Waals surface area contributed by atoms with Gasteiger partial charge in [-0.25, -0.2) is 4.98 Å². The summed E-state index contributed by atoms with van der Waals surface area (Å²) in [5, 5.41) is 9.70. The molecule has 4 aromatic rings. The van der Waals surface area contributed by atoms with Gasteiger partial charge in [0.2, 0.25) is 0 Å². The molecule has 0 amide bonds. The Balaban J connectivity index is 1.95. The van der Waals surface area contributed by atoms with Crippen LogP contribution in [0, 0.1) is 18.3 Å². The zero-order valence-electron chi connectivity index (χ0n) is 16.0. The Kier molecular flexibility index (Phi) is 4.92. The van der Waals surface area contributed by atoms with Crippen molar-refractivity contribution in [1.82, 2.24) is 14.4 Å². The predicted molar refractivity (Wildman–Crippen MR) is 109 cm³/mol. The first-order valence-corrected chi connectivity index (χ1v) is 9.16. The topological polar surface area (TPSA) is 66.5 Å². The second kappa shape index (κ2) is 7.67. The van der Waals surface area contributed by atoms with Crippen LogP contribution in [0.3, 0.4) is 0 Å². The highest BCUT2D eigenvalue weighted by molar-refractivity contribution is 5.85. The molecular formula is C22H21N5O. The molecule has 0 fully saturated rings. The first kappa shape index (κ1) is 18.0. The largest absolute Gasteiger partial charge is 0.383 e. The molecular weight excluding hydrogens is 350 g/mol. The van der Waals surface area contributed by atoms with Gasteiger partial charge in [0.05, 0.1) is 23.2 Å². The molecule has 4 rings (SSSR count). The van der Waals surface area contributed by atoms with Crippen LogP contribution in [0.1, 0.15) is 16.7 Å². The van der Waals surface area contributed by atoms with E-state index in [1.807, 2.05) is 43.5 Å². The number of hydrogen-bond donors (Lipinski definition) is 0. The van der Waals surface area contributed by atoms with Crippen LogP contribution in [0.25, 0.3) is 16.7 Å². The summed E-state index contributed by atoms with van der Waals surface area (Å²) in [6, 6.07) is 16.4. The maximum Gasteiger partial charge on any atom is 0.157 e. The maximum atomic E-state index is 9.70. The van der Waals surface area contributed by atoms with Crippen LogP contribution < -0.4 is 4.90 Å². The summed E-state index contributed by atoms with van der Waals surface area (Å²) in [7, 11) is 1.70. The number of nitriles is 1. The van der Waals surface area contributed by atoms with Crippen LogP contribution in [-0.4, -0.2) is 34.6 Å². The van der Waals surface area contributed by atoms with E-state index in [1.165, 1.54) is 0 Å². The van der Waals surface area contributed by atoms with Crippen molar-refractivity contribution in [3.8, 4) is 6.07 Å². The molecule has 1 aromatic carbocycles. The van der Waals surface area contributed by atoms with Gasteiger partial charge in [-0.1, -0.05) is 18.2 Å². The summed E-state index contributed by atoms with van der Waals surface area (Å²) < 4.78 is 7.43. The van der Waals surface area contributed by atoms with Crippen LogP contribution in [0.4, 0.5) is 5.82 Å². The highest BCUT2D eigenvalue weighted by Crippen LogP contribution is 2.29. The predicted octanol–water partition coefficient (Wildman–Crippen LogP) is 3.72. The van der Waals surface area contributed by atoms with E-state index < -0.39 is 0 Å². The molecule has 0 spiro atoms. The molecule has 6 heteroatoms. The molecule has 0 aliphatic rings. The molecule has 28 heavy (non-hydrogen) atoms. The minimum absolute atomic E-state index is 0.591. The number of fused-ring (bicyclic) bond motifs is 3. The third kappa shape index (κ3) is 3.17. The van der Waals surface area contributed by atoms with Crippen molar-refractivity contribution in [3.63, 3.8) is 0 Å². The van der Waals surface area contributed by atoms with E-state index in [9.17, 15) is 5.26 Å². The first-order valence-electron chi connectivity index (χ1n) is 9.16. The summed E-state index contributed by atoms with van der Waals surface area (Å²) in [5.41, 5.74) is 5.17. The summed E-state index contributed by atoms with van der Waals surface area (Å²) >= 11 is 0. The molecule has 0 bridgehead atoms. The van der Waals surface area contributed by atoms with E-state index in [1.54, 1.807) is 13.3 Å². The second-order valence-corrected chi connectivity index (χ2v) is 6.71. The lowest BCUT2D eigenvalue weighted by Gasteiger charge is -2.26. The van der Waals surface area contributed by atoms with Crippen LogP contribution in [-0.2, 0) is 11.3 Å². The number of aromatic nitrogens is 3. The number of imidazole rings is 1. The standard InChI is InChI=1S/C22H21N5O/c1-16-12-21(26(10-11-28-2)15-17-6-5-9-24-14-17)27-20-8-4-3-7-19(20)25-22(27)18(16)13-23/h3-9,12,14H,10-11,15H2,1-2H3. The molecule has 0 aliphatic carbocycles. The Hall–Kier alpha value is -3.43. The Morgan fingerprint density at radius 3 is 2.82 bits per heavy atom. The molecule has 0 atom stereocenters. The second-order valence-electron chi connectivity index (χ2n) is 6.71. The Labute approximate surface area is 163 Å². The molecule has 0 radical (unpaired) electrons. The van der Waals surface area contributed by atoms with Gasteiger partial charge in [-0.15, -0.1) is 0 Å². The molecule has 3 heterocycles. The Morgan fingerprint density at radius 2 is 2.07 bits per heavy atom. The molecule has 0 unspecified atom stereocenters. The normalized spacial score (nSPS) is 11.0. The van der Waals surface area contributed by atoms with Gasteiger partial charge in [-0.2, -0.15) is 5.26 Å². The Morgan fingerprint density at radius 1 is 1.21 bits per heavy atom. The third-order valence-corrected chi connectivity index (χ3v) is 4.85. The number of aryl methyl sites for hydroxylation is 1. The van der Waals surface area contributed by atoms with E-state index in [2.05, 4.69) is 32.5 Å². The fourth-order valence-electron chi connectivity index (χ4n) is 3.49. The number of para-hydroxylation sites is 2. The van der Waals surface area contributed by atoms with Crippen LogP contribution in [0.15, 0.2) is 54.9 Å². The zero-order valence-corrected chi connectivity index (χ0v) is 16.0. The Bertz CT molecular complexity index is 1160. The van der Waals surface area contributed by atoms with Gasteiger partial charge in [0, 0.05) is 32.6 Å². The monoisotopic (exact) mass is 371 g/mol. The minimum atomic E-state index is 0.591. The van der Waals surface area contributed by atoms with Crippen LogP contribution >= 0.6 is 0 Å². The van der Waals surface area contributed by atoms with Crippen molar-refractivity contribution in [2.75, 3.05) is 25.2 Å². The van der Waals surface area contributed by atoms with Gasteiger partial charge in [-0.3, -0.25) is 9.38 Å². The summed E-state index contributed by atoms with van der Waals surface area (Å²) in [6.07, 6.45) is 3.65. The summed E-state index contributed by atoms with van der Waals surface area (Å²) in [4.78, 5) is 11.2. The van der Waals surface area contributed by atoms with Gasteiger partial charge in [-0.05, 0) is 42.3 Å². The van der Waals surface area contributed by atoms with Crippen molar-refractivity contribution < 1.29 is 4.74 Å². The van der Waals surface area contributed by atoms with Crippen LogP contribution in [0.2, 0.25) is 0 Å².